The predicted molar refractivity (Wildman–Crippen MR) is 102 cm³/mol. The van der Waals surface area contributed by atoms with E-state index < -0.39 is 0 Å². The number of nitrogens with zero attached hydrogens (tertiary/aromatic N) is 6. The molecule has 1 amide bonds. The van der Waals surface area contributed by atoms with Crippen LogP contribution in [0.5, 0.6) is 0 Å². The fraction of sp³-hybridized carbons (Fsp3) is 0.316. The minimum Gasteiger partial charge on any atom is -0.337 e. The minimum absolute atomic E-state index is 0.0278. The van der Waals surface area contributed by atoms with Gasteiger partial charge in [-0.1, -0.05) is 11.6 Å². The number of piperazine rings is 1. The third-order valence-electron chi connectivity index (χ3n) is 4.81. The molecule has 0 aliphatic carbocycles. The van der Waals surface area contributed by atoms with Gasteiger partial charge in [0.05, 0.1) is 10.9 Å². The number of benzene rings is 1. The molecule has 1 saturated heterocycles. The number of hydrogen-bond donors (Lipinski definition) is 0. The maximum atomic E-state index is 12.9. The number of anilines is 1. The van der Waals surface area contributed by atoms with Gasteiger partial charge >= 0.3 is 0 Å². The summed E-state index contributed by atoms with van der Waals surface area (Å²) < 4.78 is 1.59. The summed E-state index contributed by atoms with van der Waals surface area (Å²) in [5.74, 6) is 0.326. The van der Waals surface area contributed by atoms with Crippen LogP contribution in [0.4, 0.5) is 5.95 Å². The lowest BCUT2D eigenvalue weighted by molar-refractivity contribution is 0.0737. The third kappa shape index (κ3) is 3.14. The summed E-state index contributed by atoms with van der Waals surface area (Å²) in [5, 5.41) is 4.78. The van der Waals surface area contributed by atoms with Gasteiger partial charge in [-0.3, -0.25) is 14.3 Å². The number of carbonyl (C=O) groups excluding carboxylic acids is 1. The molecule has 0 N–H and O–H groups in total. The molecule has 27 heavy (non-hydrogen) atoms. The standard InChI is InChI=1S/C19H20N6O2/c1-13-4-5-15-14(12-13)17(26)16(22-23(15)2)18(27)24-8-10-25(11-9-24)19-20-6-3-7-21-19/h3-7,12H,8-11H2,1-2H3. The van der Waals surface area contributed by atoms with E-state index in [1.807, 2.05) is 24.0 Å². The van der Waals surface area contributed by atoms with Gasteiger partial charge in [-0.15, -0.1) is 0 Å². The Bertz CT molecular complexity index is 1050. The molecule has 8 heteroatoms. The van der Waals surface area contributed by atoms with Crippen LogP contribution < -0.4 is 10.3 Å². The van der Waals surface area contributed by atoms with Crippen LogP contribution in [-0.4, -0.2) is 56.7 Å². The molecule has 2 aromatic heterocycles. The average molecular weight is 364 g/mol. The van der Waals surface area contributed by atoms with Crippen LogP contribution in [0.25, 0.3) is 10.9 Å². The zero-order valence-corrected chi connectivity index (χ0v) is 15.3. The van der Waals surface area contributed by atoms with E-state index in [0.29, 0.717) is 43.0 Å². The second-order valence-electron chi connectivity index (χ2n) is 6.65. The van der Waals surface area contributed by atoms with Crippen molar-refractivity contribution in [2.24, 2.45) is 7.05 Å². The van der Waals surface area contributed by atoms with Crippen LogP contribution in [0.1, 0.15) is 16.1 Å². The lowest BCUT2D eigenvalue weighted by Gasteiger charge is -2.34. The van der Waals surface area contributed by atoms with E-state index in [0.717, 1.165) is 5.56 Å². The molecule has 0 unspecified atom stereocenters. The fourth-order valence-electron chi connectivity index (χ4n) is 3.34. The van der Waals surface area contributed by atoms with Crippen LogP contribution in [0, 0.1) is 6.92 Å². The summed E-state index contributed by atoms with van der Waals surface area (Å²) in [7, 11) is 1.75. The van der Waals surface area contributed by atoms with Gasteiger partial charge < -0.3 is 9.80 Å². The molecule has 8 nitrogen and oxygen atoms in total. The number of fused-ring (bicyclic) bond motifs is 1. The van der Waals surface area contributed by atoms with Crippen molar-refractivity contribution in [2.75, 3.05) is 31.1 Å². The summed E-state index contributed by atoms with van der Waals surface area (Å²) >= 11 is 0. The summed E-state index contributed by atoms with van der Waals surface area (Å²) in [6, 6.07) is 7.36. The lowest BCUT2D eigenvalue weighted by atomic mass is 10.1. The number of rotatable bonds is 2. The van der Waals surface area contributed by atoms with Crippen molar-refractivity contribution in [3.63, 3.8) is 0 Å². The molecular formula is C19H20N6O2. The van der Waals surface area contributed by atoms with E-state index >= 15 is 0 Å². The van der Waals surface area contributed by atoms with Crippen LogP contribution in [-0.2, 0) is 7.05 Å². The number of aryl methyl sites for hydroxylation is 2. The van der Waals surface area contributed by atoms with Gasteiger partial charge in [0.1, 0.15) is 0 Å². The largest absolute Gasteiger partial charge is 0.337 e. The first-order valence-corrected chi connectivity index (χ1v) is 8.83. The molecular weight excluding hydrogens is 344 g/mol. The van der Waals surface area contributed by atoms with Gasteiger partial charge in [-0.05, 0) is 25.1 Å². The van der Waals surface area contributed by atoms with Gasteiger partial charge in [0.25, 0.3) is 5.91 Å². The Balaban J connectivity index is 1.59. The molecule has 138 valence electrons. The highest BCUT2D eigenvalue weighted by Gasteiger charge is 2.27. The van der Waals surface area contributed by atoms with Crippen molar-refractivity contribution >= 4 is 22.8 Å². The van der Waals surface area contributed by atoms with Crippen molar-refractivity contribution in [1.29, 1.82) is 0 Å². The number of amides is 1. The van der Waals surface area contributed by atoms with E-state index in [1.165, 1.54) is 0 Å². The summed E-state index contributed by atoms with van der Waals surface area (Å²) in [6.07, 6.45) is 3.40. The predicted octanol–water partition coefficient (Wildman–Crippen LogP) is 0.994. The quantitative estimate of drug-likeness (QED) is 0.674. The molecule has 3 aromatic rings. The van der Waals surface area contributed by atoms with E-state index in [4.69, 9.17) is 0 Å². The molecule has 1 aromatic carbocycles. The van der Waals surface area contributed by atoms with Crippen LogP contribution in [0.15, 0.2) is 41.5 Å². The molecule has 0 atom stereocenters. The second-order valence-corrected chi connectivity index (χ2v) is 6.65. The van der Waals surface area contributed by atoms with Crippen molar-refractivity contribution < 1.29 is 4.79 Å². The Hall–Kier alpha value is -3.29. The van der Waals surface area contributed by atoms with E-state index in [1.54, 1.807) is 41.2 Å². The van der Waals surface area contributed by atoms with Crippen LogP contribution in [0.2, 0.25) is 0 Å². The molecule has 0 radical (unpaired) electrons. The molecule has 0 spiro atoms. The van der Waals surface area contributed by atoms with Gasteiger partial charge in [0, 0.05) is 45.6 Å². The number of aromatic nitrogens is 4. The van der Waals surface area contributed by atoms with Gasteiger partial charge in [0.2, 0.25) is 11.4 Å². The Labute approximate surface area is 156 Å². The minimum atomic E-state index is -0.326. The molecule has 1 fully saturated rings. The Morgan fingerprint density at radius 3 is 2.48 bits per heavy atom. The summed E-state index contributed by atoms with van der Waals surface area (Å²) in [5.41, 5.74) is 1.35. The third-order valence-corrected chi connectivity index (χ3v) is 4.81. The van der Waals surface area contributed by atoms with Gasteiger partial charge in [-0.25, -0.2) is 9.97 Å². The zero-order chi connectivity index (χ0) is 19.0. The van der Waals surface area contributed by atoms with E-state index in [9.17, 15) is 9.59 Å². The van der Waals surface area contributed by atoms with Gasteiger partial charge in [0.15, 0.2) is 5.69 Å². The van der Waals surface area contributed by atoms with E-state index in [-0.39, 0.29) is 17.0 Å². The van der Waals surface area contributed by atoms with Crippen molar-refractivity contribution in [3.8, 4) is 0 Å². The molecule has 4 rings (SSSR count). The first-order valence-electron chi connectivity index (χ1n) is 8.83. The maximum absolute atomic E-state index is 12.9. The second kappa shape index (κ2) is 6.79. The van der Waals surface area contributed by atoms with Crippen molar-refractivity contribution in [1.82, 2.24) is 24.6 Å². The first-order chi connectivity index (χ1) is 13.0. The molecule has 0 saturated carbocycles. The first kappa shape index (κ1) is 17.1. The van der Waals surface area contributed by atoms with Crippen molar-refractivity contribution in [3.05, 3.63) is 58.1 Å². The summed E-state index contributed by atoms with van der Waals surface area (Å²) in [6.45, 7) is 4.14. The highest BCUT2D eigenvalue weighted by atomic mass is 16.2. The van der Waals surface area contributed by atoms with E-state index in [2.05, 4.69) is 15.1 Å². The highest BCUT2D eigenvalue weighted by Crippen LogP contribution is 2.14. The molecule has 0 bridgehead atoms. The highest BCUT2D eigenvalue weighted by molar-refractivity contribution is 5.95. The SMILES string of the molecule is Cc1ccc2c(c1)c(=O)c(C(=O)N1CCN(c3ncccn3)CC1)nn2C. The smallest absolute Gasteiger partial charge is 0.278 e. The average Bonchev–Trinajstić information content (AvgIpc) is 2.71. The zero-order valence-electron chi connectivity index (χ0n) is 15.3. The summed E-state index contributed by atoms with van der Waals surface area (Å²) in [4.78, 5) is 38.0. The Morgan fingerprint density at radius 2 is 1.78 bits per heavy atom. The normalized spacial score (nSPS) is 14.6. The molecule has 1 aliphatic heterocycles. The lowest BCUT2D eigenvalue weighted by Crippen LogP contribution is -2.50. The van der Waals surface area contributed by atoms with Crippen molar-refractivity contribution in [2.45, 2.75) is 6.92 Å². The van der Waals surface area contributed by atoms with Crippen LogP contribution >= 0.6 is 0 Å². The maximum Gasteiger partial charge on any atom is 0.278 e. The van der Waals surface area contributed by atoms with Crippen LogP contribution in [0.3, 0.4) is 0 Å². The molecule has 3 heterocycles. The topological polar surface area (TPSA) is 84.2 Å². The fourth-order valence-corrected chi connectivity index (χ4v) is 3.34. The monoisotopic (exact) mass is 364 g/mol. The van der Waals surface area contributed by atoms with Gasteiger partial charge in [-0.2, -0.15) is 5.10 Å². The Morgan fingerprint density at radius 1 is 1.07 bits per heavy atom. The number of carbonyl (C=O) groups is 1. The molecule has 1 aliphatic rings. The number of hydrogen-bond acceptors (Lipinski definition) is 6. The Kier molecular flexibility index (Phi) is 4.31.